The van der Waals surface area contributed by atoms with Gasteiger partial charge in [0.1, 0.15) is 0 Å². The van der Waals surface area contributed by atoms with Crippen LogP contribution in [-0.2, 0) is 0 Å². The van der Waals surface area contributed by atoms with Gasteiger partial charge in [-0.25, -0.2) is 0 Å². The third-order valence-corrected chi connectivity index (χ3v) is 6.53. The van der Waals surface area contributed by atoms with E-state index in [1.807, 2.05) is 0 Å². The molecule has 2 heterocycles. The van der Waals surface area contributed by atoms with Gasteiger partial charge >= 0.3 is 0 Å². The fourth-order valence-electron chi connectivity index (χ4n) is 5.03. The number of aromatic amines is 1. The van der Waals surface area contributed by atoms with Crippen molar-refractivity contribution in [2.24, 2.45) is 0 Å². The molecule has 32 heavy (non-hydrogen) atoms. The predicted octanol–water partition coefficient (Wildman–Crippen LogP) is 8.09. The summed E-state index contributed by atoms with van der Waals surface area (Å²) in [6.45, 7) is 0. The van der Waals surface area contributed by atoms with Gasteiger partial charge in [-0.15, -0.1) is 0 Å². The molecule has 5 aromatic carbocycles. The van der Waals surface area contributed by atoms with E-state index in [1.54, 1.807) is 0 Å². The van der Waals surface area contributed by atoms with Crippen molar-refractivity contribution in [3.8, 4) is 16.8 Å². The fraction of sp³-hybridized carbons (Fsp3) is 0. The summed E-state index contributed by atoms with van der Waals surface area (Å²) in [6.07, 6.45) is 0. The highest BCUT2D eigenvalue weighted by molar-refractivity contribution is 6.18. The first-order valence-corrected chi connectivity index (χ1v) is 11.0. The average Bonchev–Trinajstić information content (AvgIpc) is 3.38. The van der Waals surface area contributed by atoms with E-state index < -0.39 is 0 Å². The van der Waals surface area contributed by atoms with E-state index in [4.69, 9.17) is 0 Å². The van der Waals surface area contributed by atoms with E-state index in [0.29, 0.717) is 0 Å². The van der Waals surface area contributed by atoms with Crippen LogP contribution in [0.2, 0.25) is 0 Å². The Labute approximate surface area is 185 Å². The summed E-state index contributed by atoms with van der Waals surface area (Å²) in [5.74, 6) is 0. The molecule has 2 heteroatoms. The van der Waals surface area contributed by atoms with E-state index >= 15 is 0 Å². The molecule has 0 aliphatic carbocycles. The van der Waals surface area contributed by atoms with E-state index in [9.17, 15) is 0 Å². The summed E-state index contributed by atoms with van der Waals surface area (Å²) in [6, 6.07) is 41.3. The molecule has 0 amide bonds. The van der Waals surface area contributed by atoms with E-state index in [2.05, 4.69) is 125 Å². The van der Waals surface area contributed by atoms with Crippen LogP contribution in [0.15, 0.2) is 115 Å². The lowest BCUT2D eigenvalue weighted by atomic mass is 10.1. The molecular weight excluding hydrogens is 388 g/mol. The monoisotopic (exact) mass is 408 g/mol. The highest BCUT2D eigenvalue weighted by Crippen LogP contribution is 2.37. The van der Waals surface area contributed by atoms with Crippen molar-refractivity contribution in [3.63, 3.8) is 0 Å². The van der Waals surface area contributed by atoms with Gasteiger partial charge in [0.2, 0.25) is 0 Å². The van der Waals surface area contributed by atoms with Crippen LogP contribution in [0.25, 0.3) is 60.4 Å². The standard InChI is InChI=1S/C30H20N2/c1-2-8-20(9-3-1)21-14-16-22(17-15-21)32-29-13-7-5-11-24(29)26-18-28-25(19-30(26)32)23-10-4-6-12-27(23)31-28/h1-19,31H. The van der Waals surface area contributed by atoms with Gasteiger partial charge in [-0.05, 0) is 47.5 Å². The molecule has 0 atom stereocenters. The second kappa shape index (κ2) is 6.60. The number of benzene rings is 5. The Balaban J connectivity index is 1.52. The summed E-state index contributed by atoms with van der Waals surface area (Å²) >= 11 is 0. The van der Waals surface area contributed by atoms with E-state index in [1.165, 1.54) is 60.4 Å². The van der Waals surface area contributed by atoms with Crippen LogP contribution in [0.4, 0.5) is 0 Å². The molecule has 0 aliphatic heterocycles. The summed E-state index contributed by atoms with van der Waals surface area (Å²) < 4.78 is 2.39. The largest absolute Gasteiger partial charge is 0.354 e. The van der Waals surface area contributed by atoms with Crippen molar-refractivity contribution in [1.82, 2.24) is 9.55 Å². The van der Waals surface area contributed by atoms with Crippen LogP contribution in [0, 0.1) is 0 Å². The first-order valence-electron chi connectivity index (χ1n) is 11.0. The second-order valence-corrected chi connectivity index (χ2v) is 8.35. The Kier molecular flexibility index (Phi) is 3.58. The Bertz CT molecular complexity index is 1750. The number of para-hydroxylation sites is 2. The molecule has 7 aromatic rings. The predicted molar refractivity (Wildman–Crippen MR) is 136 cm³/mol. The number of nitrogens with zero attached hydrogens (tertiary/aromatic N) is 1. The Morgan fingerprint density at radius 1 is 0.438 bits per heavy atom. The lowest BCUT2D eigenvalue weighted by Crippen LogP contribution is -1.93. The molecule has 1 N–H and O–H groups in total. The third-order valence-electron chi connectivity index (χ3n) is 6.53. The fourth-order valence-corrected chi connectivity index (χ4v) is 5.03. The number of fused-ring (bicyclic) bond motifs is 6. The topological polar surface area (TPSA) is 20.7 Å². The van der Waals surface area contributed by atoms with Gasteiger partial charge in [0.05, 0.1) is 11.0 Å². The highest BCUT2D eigenvalue weighted by Gasteiger charge is 2.15. The summed E-state index contributed by atoms with van der Waals surface area (Å²) in [5.41, 5.74) is 8.47. The zero-order valence-electron chi connectivity index (χ0n) is 17.4. The number of nitrogens with one attached hydrogen (secondary N) is 1. The van der Waals surface area contributed by atoms with Crippen LogP contribution in [0.1, 0.15) is 0 Å². The van der Waals surface area contributed by atoms with Crippen LogP contribution in [0.3, 0.4) is 0 Å². The molecule has 0 bridgehead atoms. The van der Waals surface area contributed by atoms with Crippen molar-refractivity contribution < 1.29 is 0 Å². The first kappa shape index (κ1) is 17.4. The van der Waals surface area contributed by atoms with Crippen molar-refractivity contribution >= 4 is 43.6 Å². The molecule has 150 valence electrons. The van der Waals surface area contributed by atoms with Gasteiger partial charge in [-0.3, -0.25) is 0 Å². The van der Waals surface area contributed by atoms with E-state index in [0.717, 1.165) is 0 Å². The van der Waals surface area contributed by atoms with Crippen LogP contribution in [-0.4, -0.2) is 9.55 Å². The Morgan fingerprint density at radius 2 is 1.12 bits per heavy atom. The Hall–Kier alpha value is -4.30. The molecule has 0 spiro atoms. The molecule has 2 aromatic heterocycles. The molecule has 0 radical (unpaired) electrons. The minimum Gasteiger partial charge on any atom is -0.354 e. The second-order valence-electron chi connectivity index (χ2n) is 8.35. The lowest BCUT2D eigenvalue weighted by Gasteiger charge is -2.09. The number of hydrogen-bond acceptors (Lipinski definition) is 0. The zero-order chi connectivity index (χ0) is 21.1. The van der Waals surface area contributed by atoms with Gasteiger partial charge in [0, 0.05) is 38.3 Å². The maximum atomic E-state index is 3.60. The van der Waals surface area contributed by atoms with Crippen molar-refractivity contribution in [2.75, 3.05) is 0 Å². The number of hydrogen-bond donors (Lipinski definition) is 1. The molecule has 0 aliphatic rings. The molecule has 0 fully saturated rings. The van der Waals surface area contributed by atoms with Gasteiger partial charge in [-0.1, -0.05) is 78.9 Å². The average molecular weight is 409 g/mol. The maximum Gasteiger partial charge on any atom is 0.0548 e. The minimum atomic E-state index is 1.18. The van der Waals surface area contributed by atoms with Gasteiger partial charge < -0.3 is 9.55 Å². The highest BCUT2D eigenvalue weighted by atomic mass is 15.0. The molecule has 2 nitrogen and oxygen atoms in total. The number of rotatable bonds is 2. The molecule has 0 saturated carbocycles. The molecule has 0 saturated heterocycles. The summed E-state index contributed by atoms with van der Waals surface area (Å²) in [7, 11) is 0. The molecule has 0 unspecified atom stereocenters. The van der Waals surface area contributed by atoms with Crippen LogP contribution >= 0.6 is 0 Å². The quantitative estimate of drug-likeness (QED) is 0.298. The van der Waals surface area contributed by atoms with Crippen molar-refractivity contribution in [1.29, 1.82) is 0 Å². The maximum absolute atomic E-state index is 3.60. The summed E-state index contributed by atoms with van der Waals surface area (Å²) in [5, 5.41) is 5.07. The first-order chi connectivity index (χ1) is 15.9. The SMILES string of the molecule is c1ccc(-c2ccc(-n3c4ccccc4c4cc5[nH]c6ccccc6c5cc43)cc2)cc1. The van der Waals surface area contributed by atoms with Gasteiger partial charge in [0.25, 0.3) is 0 Å². The van der Waals surface area contributed by atoms with Gasteiger partial charge in [-0.2, -0.15) is 0 Å². The zero-order valence-corrected chi connectivity index (χ0v) is 17.4. The minimum absolute atomic E-state index is 1.18. The molecule has 7 rings (SSSR count). The van der Waals surface area contributed by atoms with Crippen LogP contribution < -0.4 is 0 Å². The smallest absolute Gasteiger partial charge is 0.0548 e. The lowest BCUT2D eigenvalue weighted by molar-refractivity contribution is 1.18. The number of aromatic nitrogens is 2. The third kappa shape index (κ3) is 2.47. The molecular formula is C30H20N2. The van der Waals surface area contributed by atoms with Crippen molar-refractivity contribution in [3.05, 3.63) is 115 Å². The van der Waals surface area contributed by atoms with Crippen LogP contribution in [0.5, 0.6) is 0 Å². The number of H-pyrrole nitrogens is 1. The normalized spacial score (nSPS) is 11.8. The van der Waals surface area contributed by atoms with E-state index in [-0.39, 0.29) is 0 Å². The summed E-state index contributed by atoms with van der Waals surface area (Å²) in [4.78, 5) is 3.60. The van der Waals surface area contributed by atoms with Crippen molar-refractivity contribution in [2.45, 2.75) is 0 Å². The van der Waals surface area contributed by atoms with Gasteiger partial charge in [0.15, 0.2) is 0 Å². The Morgan fingerprint density at radius 3 is 1.97 bits per heavy atom.